The van der Waals surface area contributed by atoms with Gasteiger partial charge in [0, 0.05) is 23.2 Å². The van der Waals surface area contributed by atoms with E-state index in [1.54, 1.807) is 24.3 Å². The molecule has 0 heterocycles. The van der Waals surface area contributed by atoms with Crippen molar-refractivity contribution in [2.75, 3.05) is 12.3 Å². The fourth-order valence-corrected chi connectivity index (χ4v) is 2.38. The van der Waals surface area contributed by atoms with Crippen molar-refractivity contribution in [3.63, 3.8) is 0 Å². The smallest absolute Gasteiger partial charge is 0.251 e. The molecule has 2 aromatic rings. The van der Waals surface area contributed by atoms with Crippen LogP contribution in [0.2, 0.25) is 0 Å². The van der Waals surface area contributed by atoms with Crippen LogP contribution in [0, 0.1) is 0 Å². The normalized spacial score (nSPS) is 11.2. The number of rotatable bonds is 5. The Kier molecular flexibility index (Phi) is 4.86. The van der Waals surface area contributed by atoms with Crippen LogP contribution in [0.1, 0.15) is 42.3 Å². The summed E-state index contributed by atoms with van der Waals surface area (Å²) in [6.07, 6.45) is 1.03. The second-order valence-electron chi connectivity index (χ2n) is 6.24. The molecule has 0 aliphatic rings. The number of anilines is 1. The molecule has 0 radical (unpaired) electrons. The van der Waals surface area contributed by atoms with Crippen LogP contribution in [-0.4, -0.2) is 12.5 Å². The summed E-state index contributed by atoms with van der Waals surface area (Å²) in [5, 5.41) is 3.00. The third kappa shape index (κ3) is 3.88. The Balaban J connectivity index is 2.03. The van der Waals surface area contributed by atoms with Gasteiger partial charge in [-0.25, -0.2) is 0 Å². The average molecular weight is 296 g/mol. The minimum atomic E-state index is -0.123. The predicted octanol–water partition coefficient (Wildman–Crippen LogP) is 3.54. The molecule has 22 heavy (non-hydrogen) atoms. The highest BCUT2D eigenvalue weighted by Crippen LogP contribution is 2.23. The van der Waals surface area contributed by atoms with E-state index in [2.05, 4.69) is 50.4 Å². The van der Waals surface area contributed by atoms with Crippen molar-refractivity contribution in [3.05, 3.63) is 65.2 Å². The van der Waals surface area contributed by atoms with E-state index in [1.807, 2.05) is 0 Å². The van der Waals surface area contributed by atoms with E-state index in [4.69, 9.17) is 5.73 Å². The van der Waals surface area contributed by atoms with Crippen LogP contribution in [0.5, 0.6) is 0 Å². The van der Waals surface area contributed by atoms with Crippen molar-refractivity contribution in [3.8, 4) is 0 Å². The van der Waals surface area contributed by atoms with Crippen LogP contribution in [0.3, 0.4) is 0 Å². The van der Waals surface area contributed by atoms with E-state index in [0.29, 0.717) is 17.8 Å². The number of carbonyl (C=O) groups excluding carboxylic acids is 1. The van der Waals surface area contributed by atoms with Crippen molar-refractivity contribution in [1.82, 2.24) is 5.32 Å². The van der Waals surface area contributed by atoms with Gasteiger partial charge in [0.25, 0.3) is 5.91 Å². The molecular weight excluding hydrogens is 272 g/mol. The van der Waals surface area contributed by atoms with E-state index in [-0.39, 0.29) is 11.3 Å². The second kappa shape index (κ2) is 6.65. The molecule has 2 rings (SSSR count). The molecule has 0 aromatic heterocycles. The van der Waals surface area contributed by atoms with E-state index in [0.717, 1.165) is 6.42 Å². The van der Waals surface area contributed by atoms with Gasteiger partial charge in [-0.15, -0.1) is 0 Å². The third-order valence-electron chi connectivity index (χ3n) is 3.98. The highest BCUT2D eigenvalue weighted by molar-refractivity contribution is 5.95. The number of hydrogen-bond acceptors (Lipinski definition) is 2. The molecule has 3 N–H and O–H groups in total. The Morgan fingerprint density at radius 3 is 2.41 bits per heavy atom. The SMILES string of the molecule is CCc1ccc(C(C)(C)CNC(=O)c2cccc(N)c2)cc1. The van der Waals surface area contributed by atoms with Gasteiger partial charge >= 0.3 is 0 Å². The zero-order chi connectivity index (χ0) is 16.2. The molecule has 0 aliphatic heterocycles. The van der Waals surface area contributed by atoms with Crippen molar-refractivity contribution < 1.29 is 4.79 Å². The second-order valence-corrected chi connectivity index (χ2v) is 6.24. The molecule has 0 spiro atoms. The maximum absolute atomic E-state index is 12.2. The molecule has 3 heteroatoms. The molecule has 0 saturated carbocycles. The quantitative estimate of drug-likeness (QED) is 0.829. The maximum Gasteiger partial charge on any atom is 0.251 e. The largest absolute Gasteiger partial charge is 0.399 e. The highest BCUT2D eigenvalue weighted by Gasteiger charge is 2.21. The predicted molar refractivity (Wildman–Crippen MR) is 92.0 cm³/mol. The minimum absolute atomic E-state index is 0.0921. The number of hydrogen-bond donors (Lipinski definition) is 2. The summed E-state index contributed by atoms with van der Waals surface area (Å²) in [7, 11) is 0. The number of nitrogens with one attached hydrogen (secondary N) is 1. The Bertz CT molecular complexity index is 645. The number of benzene rings is 2. The summed E-state index contributed by atoms with van der Waals surface area (Å²) in [5.74, 6) is -0.0921. The first-order valence-electron chi connectivity index (χ1n) is 7.65. The summed E-state index contributed by atoms with van der Waals surface area (Å²) >= 11 is 0. The summed E-state index contributed by atoms with van der Waals surface area (Å²) in [5.41, 5.74) is 9.33. The molecule has 0 fully saturated rings. The molecule has 0 saturated heterocycles. The van der Waals surface area contributed by atoms with Gasteiger partial charge in [0.2, 0.25) is 0 Å². The monoisotopic (exact) mass is 296 g/mol. The lowest BCUT2D eigenvalue weighted by Gasteiger charge is -2.26. The van der Waals surface area contributed by atoms with E-state index >= 15 is 0 Å². The Labute approximate surface area is 132 Å². The molecule has 2 aromatic carbocycles. The van der Waals surface area contributed by atoms with Gasteiger partial charge in [0.1, 0.15) is 0 Å². The Morgan fingerprint density at radius 1 is 1.14 bits per heavy atom. The van der Waals surface area contributed by atoms with Crippen LogP contribution in [0.4, 0.5) is 5.69 Å². The molecule has 0 atom stereocenters. The zero-order valence-corrected chi connectivity index (χ0v) is 13.5. The topological polar surface area (TPSA) is 55.1 Å². The summed E-state index contributed by atoms with van der Waals surface area (Å²) in [6.45, 7) is 6.99. The van der Waals surface area contributed by atoms with Crippen LogP contribution in [-0.2, 0) is 11.8 Å². The van der Waals surface area contributed by atoms with Crippen molar-refractivity contribution in [1.29, 1.82) is 0 Å². The molecule has 116 valence electrons. The number of nitrogen functional groups attached to an aromatic ring is 1. The molecule has 1 amide bonds. The molecule has 3 nitrogen and oxygen atoms in total. The molecule has 0 unspecified atom stereocenters. The maximum atomic E-state index is 12.2. The van der Waals surface area contributed by atoms with Gasteiger partial charge in [-0.2, -0.15) is 0 Å². The molecule has 0 bridgehead atoms. The average Bonchev–Trinajstić information content (AvgIpc) is 2.52. The lowest BCUT2D eigenvalue weighted by Crippen LogP contribution is -2.36. The first-order valence-corrected chi connectivity index (χ1v) is 7.65. The number of carbonyl (C=O) groups is 1. The summed E-state index contributed by atoms with van der Waals surface area (Å²) in [4.78, 5) is 12.2. The summed E-state index contributed by atoms with van der Waals surface area (Å²) in [6, 6.07) is 15.6. The molecular formula is C19H24N2O. The van der Waals surface area contributed by atoms with E-state index in [1.165, 1.54) is 11.1 Å². The third-order valence-corrected chi connectivity index (χ3v) is 3.98. The fraction of sp³-hybridized carbons (Fsp3) is 0.316. The first kappa shape index (κ1) is 16.1. The first-order chi connectivity index (χ1) is 10.4. The van der Waals surface area contributed by atoms with Crippen molar-refractivity contribution in [2.45, 2.75) is 32.6 Å². The van der Waals surface area contributed by atoms with Crippen LogP contribution < -0.4 is 11.1 Å². The summed E-state index contributed by atoms with van der Waals surface area (Å²) < 4.78 is 0. The van der Waals surface area contributed by atoms with Crippen molar-refractivity contribution in [2.24, 2.45) is 0 Å². The highest BCUT2D eigenvalue weighted by atomic mass is 16.1. The lowest BCUT2D eigenvalue weighted by molar-refractivity contribution is 0.0945. The number of amides is 1. The van der Waals surface area contributed by atoms with Gasteiger partial charge in [0.15, 0.2) is 0 Å². The lowest BCUT2D eigenvalue weighted by atomic mass is 9.84. The van der Waals surface area contributed by atoms with Gasteiger partial charge in [-0.05, 0) is 35.7 Å². The minimum Gasteiger partial charge on any atom is -0.399 e. The Hall–Kier alpha value is -2.29. The number of nitrogens with two attached hydrogens (primary N) is 1. The van der Waals surface area contributed by atoms with Crippen LogP contribution in [0.25, 0.3) is 0 Å². The van der Waals surface area contributed by atoms with E-state index in [9.17, 15) is 4.79 Å². The fourth-order valence-electron chi connectivity index (χ4n) is 2.38. The van der Waals surface area contributed by atoms with Crippen LogP contribution >= 0.6 is 0 Å². The number of aryl methyl sites for hydroxylation is 1. The van der Waals surface area contributed by atoms with Gasteiger partial charge in [-0.3, -0.25) is 4.79 Å². The standard InChI is InChI=1S/C19H24N2O/c1-4-14-8-10-16(11-9-14)19(2,3)13-21-18(22)15-6-5-7-17(20)12-15/h5-12H,4,13,20H2,1-3H3,(H,21,22). The van der Waals surface area contributed by atoms with Crippen LogP contribution in [0.15, 0.2) is 48.5 Å². The van der Waals surface area contributed by atoms with Crippen molar-refractivity contribution >= 4 is 11.6 Å². The zero-order valence-electron chi connectivity index (χ0n) is 13.5. The van der Waals surface area contributed by atoms with Gasteiger partial charge in [0.05, 0.1) is 0 Å². The van der Waals surface area contributed by atoms with Gasteiger partial charge in [-0.1, -0.05) is 51.1 Å². The van der Waals surface area contributed by atoms with E-state index < -0.39 is 0 Å². The Morgan fingerprint density at radius 2 is 1.82 bits per heavy atom. The molecule has 0 aliphatic carbocycles. The van der Waals surface area contributed by atoms with Gasteiger partial charge < -0.3 is 11.1 Å².